The molecule has 0 aliphatic heterocycles. The zero-order valence-corrected chi connectivity index (χ0v) is 11.0. The van der Waals surface area contributed by atoms with Gasteiger partial charge in [0.2, 0.25) is 0 Å². The van der Waals surface area contributed by atoms with Gasteiger partial charge in [-0.05, 0) is 18.2 Å². The maximum atomic E-state index is 6.05. The molecule has 0 radical (unpaired) electrons. The maximum Gasteiger partial charge on any atom is 0.148 e. The van der Waals surface area contributed by atoms with Gasteiger partial charge < -0.3 is 10.5 Å². The molecule has 0 saturated heterocycles. The number of aromatic nitrogens is 1. The number of pyridine rings is 1. The number of hydrogen-bond donors (Lipinski definition) is 1. The number of benzene rings is 1. The molecule has 1 aromatic heterocycles. The van der Waals surface area contributed by atoms with Crippen LogP contribution in [0.15, 0.2) is 42.6 Å². The first-order valence-electron chi connectivity index (χ1n) is 5.29. The largest absolute Gasteiger partial charge is 0.486 e. The third-order valence-corrected chi connectivity index (χ3v) is 2.91. The fraction of sp³-hybridized carbons (Fsp3) is 0.0769. The van der Waals surface area contributed by atoms with Crippen molar-refractivity contribution in [3.63, 3.8) is 0 Å². The van der Waals surface area contributed by atoms with Crippen molar-refractivity contribution in [2.24, 2.45) is 5.73 Å². The van der Waals surface area contributed by atoms with Gasteiger partial charge in [-0.1, -0.05) is 42.0 Å². The molecule has 0 saturated carbocycles. The molecule has 0 aliphatic carbocycles. The van der Waals surface area contributed by atoms with Gasteiger partial charge in [0, 0.05) is 16.8 Å². The summed E-state index contributed by atoms with van der Waals surface area (Å²) in [5.74, 6) is 0.560. The Morgan fingerprint density at radius 1 is 1.28 bits per heavy atom. The predicted octanol–water partition coefficient (Wildman–Crippen LogP) is 2.95. The molecule has 0 aliphatic rings. The van der Waals surface area contributed by atoms with Crippen LogP contribution in [0.25, 0.3) is 0 Å². The first-order valence-corrected chi connectivity index (χ1v) is 6.08. The van der Waals surface area contributed by atoms with Crippen molar-refractivity contribution in [2.75, 3.05) is 0 Å². The molecular formula is C13H11ClN2OS. The first-order chi connectivity index (χ1) is 8.68. The highest BCUT2D eigenvalue weighted by molar-refractivity contribution is 7.80. The van der Waals surface area contributed by atoms with E-state index in [0.717, 1.165) is 5.56 Å². The smallest absolute Gasteiger partial charge is 0.148 e. The minimum atomic E-state index is 0.213. The number of nitrogens with two attached hydrogens (primary N) is 1. The summed E-state index contributed by atoms with van der Waals surface area (Å²) >= 11 is 11.0. The molecule has 3 nitrogen and oxygen atoms in total. The SMILES string of the molecule is NC(=S)c1ncccc1OCc1ccccc1Cl. The molecule has 0 amide bonds. The first kappa shape index (κ1) is 12.8. The van der Waals surface area contributed by atoms with Crippen LogP contribution in [-0.2, 0) is 6.61 Å². The lowest BCUT2D eigenvalue weighted by molar-refractivity contribution is 0.304. The lowest BCUT2D eigenvalue weighted by Gasteiger charge is -2.10. The van der Waals surface area contributed by atoms with Crippen molar-refractivity contribution >= 4 is 28.8 Å². The molecule has 1 heterocycles. The third-order valence-electron chi connectivity index (χ3n) is 2.35. The van der Waals surface area contributed by atoms with Crippen LogP contribution in [0.2, 0.25) is 5.02 Å². The summed E-state index contributed by atoms with van der Waals surface area (Å²) < 4.78 is 5.65. The van der Waals surface area contributed by atoms with E-state index >= 15 is 0 Å². The van der Waals surface area contributed by atoms with Crippen LogP contribution in [0.1, 0.15) is 11.3 Å². The molecule has 1 aromatic carbocycles. The van der Waals surface area contributed by atoms with Crippen molar-refractivity contribution in [3.05, 3.63) is 58.9 Å². The molecule has 0 fully saturated rings. The second kappa shape index (κ2) is 5.80. The van der Waals surface area contributed by atoms with Crippen molar-refractivity contribution < 1.29 is 4.74 Å². The van der Waals surface area contributed by atoms with E-state index < -0.39 is 0 Å². The van der Waals surface area contributed by atoms with Gasteiger partial charge in [-0.15, -0.1) is 0 Å². The number of rotatable bonds is 4. The number of hydrogen-bond acceptors (Lipinski definition) is 3. The van der Waals surface area contributed by atoms with Crippen LogP contribution in [-0.4, -0.2) is 9.97 Å². The Labute approximate surface area is 116 Å². The van der Waals surface area contributed by atoms with Crippen LogP contribution in [0, 0.1) is 0 Å². The number of ether oxygens (including phenoxy) is 1. The summed E-state index contributed by atoms with van der Waals surface area (Å²) in [6.45, 7) is 0.348. The Kier molecular flexibility index (Phi) is 4.12. The van der Waals surface area contributed by atoms with Gasteiger partial charge in [0.1, 0.15) is 23.0 Å². The second-order valence-corrected chi connectivity index (χ2v) is 4.44. The van der Waals surface area contributed by atoms with Gasteiger partial charge in [-0.25, -0.2) is 4.98 Å². The number of nitrogens with zero attached hydrogens (tertiary/aromatic N) is 1. The summed E-state index contributed by atoms with van der Waals surface area (Å²) in [7, 11) is 0. The Morgan fingerprint density at radius 3 is 2.78 bits per heavy atom. The minimum Gasteiger partial charge on any atom is -0.486 e. The highest BCUT2D eigenvalue weighted by Gasteiger charge is 2.08. The van der Waals surface area contributed by atoms with E-state index in [-0.39, 0.29) is 4.99 Å². The van der Waals surface area contributed by atoms with E-state index in [4.69, 9.17) is 34.3 Å². The number of thiocarbonyl (C=S) groups is 1. The van der Waals surface area contributed by atoms with Gasteiger partial charge in [0.15, 0.2) is 0 Å². The fourth-order valence-electron chi connectivity index (χ4n) is 1.46. The Balaban J connectivity index is 2.16. The Morgan fingerprint density at radius 2 is 2.06 bits per heavy atom. The fourth-order valence-corrected chi connectivity index (χ4v) is 1.81. The van der Waals surface area contributed by atoms with Gasteiger partial charge in [0.05, 0.1) is 0 Å². The average molecular weight is 279 g/mol. The van der Waals surface area contributed by atoms with Crippen LogP contribution < -0.4 is 10.5 Å². The summed E-state index contributed by atoms with van der Waals surface area (Å²) in [5, 5.41) is 0.665. The predicted molar refractivity (Wildman–Crippen MR) is 75.9 cm³/mol. The lowest BCUT2D eigenvalue weighted by Crippen LogP contribution is -2.13. The minimum absolute atomic E-state index is 0.213. The molecule has 18 heavy (non-hydrogen) atoms. The molecule has 0 spiro atoms. The molecular weight excluding hydrogens is 268 g/mol. The highest BCUT2D eigenvalue weighted by atomic mass is 35.5. The Bertz CT molecular complexity index is 574. The van der Waals surface area contributed by atoms with E-state index in [1.807, 2.05) is 24.3 Å². The molecule has 2 N–H and O–H groups in total. The topological polar surface area (TPSA) is 48.1 Å². The molecule has 5 heteroatoms. The monoisotopic (exact) mass is 278 g/mol. The van der Waals surface area contributed by atoms with Gasteiger partial charge in [-0.3, -0.25) is 0 Å². The standard InChI is InChI=1S/C13H11ClN2OS/c14-10-5-2-1-4-9(10)8-17-11-6-3-7-16-12(11)13(15)18/h1-7H,8H2,(H2,15,18). The van der Waals surface area contributed by atoms with Gasteiger partial charge in [0.25, 0.3) is 0 Å². The summed E-state index contributed by atoms with van der Waals surface area (Å²) in [4.78, 5) is 4.30. The van der Waals surface area contributed by atoms with Crippen LogP contribution in [0.5, 0.6) is 5.75 Å². The molecule has 2 aromatic rings. The van der Waals surface area contributed by atoms with E-state index in [2.05, 4.69) is 4.98 Å². The maximum absolute atomic E-state index is 6.05. The molecule has 0 bridgehead atoms. The lowest BCUT2D eigenvalue weighted by atomic mass is 10.2. The number of halogens is 1. The highest BCUT2D eigenvalue weighted by Crippen LogP contribution is 2.20. The molecule has 0 unspecified atom stereocenters. The summed E-state index contributed by atoms with van der Waals surface area (Å²) in [5.41, 5.74) is 6.96. The van der Waals surface area contributed by atoms with Crippen molar-refractivity contribution in [2.45, 2.75) is 6.61 Å². The summed E-state index contributed by atoms with van der Waals surface area (Å²) in [6, 6.07) is 11.0. The Hall–Kier alpha value is -1.65. The van der Waals surface area contributed by atoms with E-state index in [1.165, 1.54) is 0 Å². The van der Waals surface area contributed by atoms with Crippen molar-refractivity contribution in [1.29, 1.82) is 0 Å². The van der Waals surface area contributed by atoms with Gasteiger partial charge in [-0.2, -0.15) is 0 Å². The van der Waals surface area contributed by atoms with Crippen LogP contribution >= 0.6 is 23.8 Å². The normalized spacial score (nSPS) is 10.1. The van der Waals surface area contributed by atoms with Crippen LogP contribution in [0.4, 0.5) is 0 Å². The molecule has 2 rings (SSSR count). The van der Waals surface area contributed by atoms with Crippen LogP contribution in [0.3, 0.4) is 0 Å². The van der Waals surface area contributed by atoms with Crippen molar-refractivity contribution in [3.8, 4) is 5.75 Å². The quantitative estimate of drug-likeness (QED) is 0.874. The van der Waals surface area contributed by atoms with E-state index in [1.54, 1.807) is 18.3 Å². The van der Waals surface area contributed by atoms with E-state index in [9.17, 15) is 0 Å². The average Bonchev–Trinajstić information content (AvgIpc) is 2.38. The zero-order chi connectivity index (χ0) is 13.0. The molecule has 0 atom stereocenters. The molecule has 92 valence electrons. The van der Waals surface area contributed by atoms with Crippen molar-refractivity contribution in [1.82, 2.24) is 4.98 Å². The second-order valence-electron chi connectivity index (χ2n) is 3.59. The third kappa shape index (κ3) is 2.97. The summed E-state index contributed by atoms with van der Waals surface area (Å²) in [6.07, 6.45) is 1.62. The van der Waals surface area contributed by atoms with Gasteiger partial charge >= 0.3 is 0 Å². The zero-order valence-electron chi connectivity index (χ0n) is 9.47. The van der Waals surface area contributed by atoms with E-state index in [0.29, 0.717) is 23.1 Å².